The summed E-state index contributed by atoms with van der Waals surface area (Å²) >= 11 is 0. The number of aromatic nitrogens is 2. The standard InChI is InChI=1S/C40H56N6O5/c1-28(51-24-30-15-9-5-10-16-30)34(38(50)43-17-11-6-12-18-43)42-35(47)33-23-44(25-40(33)26-45(27-40)37(49)32-19-39(32,2)3)36(48)31-20-41-46(22-31)21-29-13-7-4-8-14-29/h4,7-8,13-14,20,22,28,30,32-34H,5-6,9-12,15-19,21,23-27H2,1-3H3,(H,42,47)/t28-,32-,33-,34+/m1/s1. The van der Waals surface area contributed by atoms with Gasteiger partial charge >= 0.3 is 0 Å². The van der Waals surface area contributed by atoms with E-state index in [-0.39, 0.29) is 41.5 Å². The van der Waals surface area contributed by atoms with Gasteiger partial charge in [0.1, 0.15) is 6.04 Å². The smallest absolute Gasteiger partial charge is 0.257 e. The topological polar surface area (TPSA) is 117 Å². The molecule has 4 heterocycles. The molecule has 11 nitrogen and oxygen atoms in total. The lowest BCUT2D eigenvalue weighted by molar-refractivity contribution is -0.153. The average molecular weight is 701 g/mol. The van der Waals surface area contributed by atoms with Gasteiger partial charge in [0.05, 0.1) is 30.3 Å². The van der Waals surface area contributed by atoms with Gasteiger partial charge < -0.3 is 24.8 Å². The Morgan fingerprint density at radius 2 is 1.57 bits per heavy atom. The maximum absolute atomic E-state index is 14.5. The normalized spacial score (nSPS) is 25.3. The maximum Gasteiger partial charge on any atom is 0.257 e. The van der Waals surface area contributed by atoms with Crippen LogP contribution in [0.25, 0.3) is 0 Å². The van der Waals surface area contributed by atoms with Crippen molar-refractivity contribution in [2.24, 2.45) is 28.6 Å². The second kappa shape index (κ2) is 14.7. The summed E-state index contributed by atoms with van der Waals surface area (Å²) in [5.41, 5.74) is 0.973. The number of nitrogens with zero attached hydrogens (tertiary/aromatic N) is 5. The minimum Gasteiger partial charge on any atom is -0.376 e. The van der Waals surface area contributed by atoms with Crippen LogP contribution in [0.3, 0.4) is 0 Å². The Bertz CT molecular complexity index is 1570. The van der Waals surface area contributed by atoms with E-state index in [1.165, 1.54) is 19.3 Å². The first-order valence-corrected chi connectivity index (χ1v) is 19.4. The van der Waals surface area contributed by atoms with Crippen molar-refractivity contribution in [3.05, 3.63) is 53.9 Å². The molecule has 4 amide bonds. The summed E-state index contributed by atoms with van der Waals surface area (Å²) in [5, 5.41) is 7.64. The van der Waals surface area contributed by atoms with Crippen molar-refractivity contribution >= 4 is 23.6 Å². The predicted molar refractivity (Wildman–Crippen MR) is 192 cm³/mol. The zero-order chi connectivity index (χ0) is 35.8. The van der Waals surface area contributed by atoms with E-state index in [0.717, 1.165) is 44.1 Å². The third-order valence-electron chi connectivity index (χ3n) is 12.5. The molecule has 11 heteroatoms. The predicted octanol–water partition coefficient (Wildman–Crippen LogP) is 4.36. The van der Waals surface area contributed by atoms with Gasteiger partial charge in [0, 0.05) is 63.4 Å². The molecule has 2 aromatic rings. The first-order chi connectivity index (χ1) is 24.5. The van der Waals surface area contributed by atoms with Gasteiger partial charge in [-0.25, -0.2) is 0 Å². The number of hydrogen-bond acceptors (Lipinski definition) is 6. The molecule has 1 aromatic carbocycles. The molecule has 1 N–H and O–H groups in total. The van der Waals surface area contributed by atoms with E-state index in [4.69, 9.17) is 4.74 Å². The number of ether oxygens (including phenoxy) is 1. The fraction of sp³-hybridized carbons (Fsp3) is 0.675. The lowest BCUT2D eigenvalue weighted by Gasteiger charge is -2.50. The minimum atomic E-state index is -0.817. The number of rotatable bonds is 11. The maximum atomic E-state index is 14.5. The largest absolute Gasteiger partial charge is 0.376 e. The first-order valence-electron chi connectivity index (χ1n) is 19.4. The van der Waals surface area contributed by atoms with Crippen LogP contribution in [0.5, 0.6) is 0 Å². The summed E-state index contributed by atoms with van der Waals surface area (Å²) in [4.78, 5) is 61.5. The molecule has 1 spiro atoms. The zero-order valence-corrected chi connectivity index (χ0v) is 30.7. The molecule has 7 rings (SSSR count). The highest BCUT2D eigenvalue weighted by Crippen LogP contribution is 2.54. The number of benzene rings is 1. The highest BCUT2D eigenvalue weighted by Gasteiger charge is 2.62. The summed E-state index contributed by atoms with van der Waals surface area (Å²) < 4.78 is 8.14. The minimum absolute atomic E-state index is 0.00396. The molecule has 51 heavy (non-hydrogen) atoms. The van der Waals surface area contributed by atoms with Crippen LogP contribution in [0.2, 0.25) is 0 Å². The average Bonchev–Trinajstić information content (AvgIpc) is 3.42. The van der Waals surface area contributed by atoms with Crippen LogP contribution in [0.4, 0.5) is 0 Å². The fourth-order valence-electron chi connectivity index (χ4n) is 8.98. The van der Waals surface area contributed by atoms with Crippen LogP contribution in [0.1, 0.15) is 94.5 Å². The van der Waals surface area contributed by atoms with Crippen LogP contribution in [-0.2, 0) is 25.7 Å². The molecule has 2 saturated carbocycles. The molecule has 2 aliphatic carbocycles. The van der Waals surface area contributed by atoms with E-state index in [9.17, 15) is 19.2 Å². The molecule has 3 aliphatic heterocycles. The Balaban J connectivity index is 1.08. The van der Waals surface area contributed by atoms with Crippen LogP contribution >= 0.6 is 0 Å². The molecule has 5 aliphatic rings. The van der Waals surface area contributed by atoms with E-state index < -0.39 is 23.5 Å². The Hall–Kier alpha value is -3.73. The van der Waals surface area contributed by atoms with Crippen molar-refractivity contribution in [2.75, 3.05) is 45.9 Å². The quantitative estimate of drug-likeness (QED) is 0.373. The molecule has 276 valence electrons. The second-order valence-electron chi connectivity index (χ2n) is 16.9. The Morgan fingerprint density at radius 1 is 0.902 bits per heavy atom. The van der Waals surface area contributed by atoms with Gasteiger partial charge in [0.2, 0.25) is 17.7 Å². The van der Waals surface area contributed by atoms with Crippen LogP contribution < -0.4 is 5.32 Å². The number of carbonyl (C=O) groups excluding carboxylic acids is 4. The van der Waals surface area contributed by atoms with E-state index in [1.807, 2.05) is 47.1 Å². The SMILES string of the molecule is C[C@@H](OCC1CCCCC1)[C@H](NC(=O)[C@H]1CN(C(=O)c2cnn(Cc3ccccc3)c2)CC12CN(C(=O)[C@H]1CC1(C)C)C2)C(=O)N1CCCCC1. The molecule has 0 unspecified atom stereocenters. The molecule has 1 aromatic heterocycles. The lowest BCUT2D eigenvalue weighted by Crippen LogP contribution is -2.65. The molecule has 0 radical (unpaired) electrons. The molecule has 3 saturated heterocycles. The number of likely N-dealkylation sites (tertiary alicyclic amines) is 3. The van der Waals surface area contributed by atoms with Gasteiger partial charge in [-0.3, -0.25) is 23.9 Å². The van der Waals surface area contributed by atoms with Crippen molar-refractivity contribution in [3.8, 4) is 0 Å². The second-order valence-corrected chi connectivity index (χ2v) is 16.9. The first kappa shape index (κ1) is 35.7. The number of amides is 4. The van der Waals surface area contributed by atoms with Gasteiger partial charge in [0.25, 0.3) is 5.91 Å². The summed E-state index contributed by atoms with van der Waals surface area (Å²) in [6.07, 6.45) is 12.7. The fourth-order valence-corrected chi connectivity index (χ4v) is 8.98. The monoisotopic (exact) mass is 700 g/mol. The van der Waals surface area contributed by atoms with E-state index >= 15 is 0 Å². The summed E-state index contributed by atoms with van der Waals surface area (Å²) in [6.45, 7) is 10.1. The van der Waals surface area contributed by atoms with Crippen LogP contribution in [0.15, 0.2) is 42.7 Å². The zero-order valence-electron chi connectivity index (χ0n) is 30.7. The summed E-state index contributed by atoms with van der Waals surface area (Å²) in [6, 6.07) is 9.15. The Morgan fingerprint density at radius 3 is 2.25 bits per heavy atom. The third kappa shape index (κ3) is 7.74. The van der Waals surface area contributed by atoms with Crippen molar-refractivity contribution in [3.63, 3.8) is 0 Å². The van der Waals surface area contributed by atoms with Gasteiger partial charge in [-0.2, -0.15) is 5.10 Å². The highest BCUT2D eigenvalue weighted by atomic mass is 16.5. The van der Waals surface area contributed by atoms with E-state index in [2.05, 4.69) is 24.3 Å². The number of carbonyl (C=O) groups is 4. The third-order valence-corrected chi connectivity index (χ3v) is 12.5. The van der Waals surface area contributed by atoms with Crippen LogP contribution in [0, 0.1) is 28.6 Å². The molecule has 4 atom stereocenters. The van der Waals surface area contributed by atoms with Gasteiger partial charge in [-0.05, 0) is 62.3 Å². The van der Waals surface area contributed by atoms with Crippen molar-refractivity contribution in [1.29, 1.82) is 0 Å². The number of hydrogen-bond donors (Lipinski definition) is 1. The van der Waals surface area contributed by atoms with Gasteiger partial charge in [0.15, 0.2) is 0 Å². The molecule has 5 fully saturated rings. The van der Waals surface area contributed by atoms with E-state index in [0.29, 0.717) is 57.4 Å². The molecular weight excluding hydrogens is 644 g/mol. The summed E-state index contributed by atoms with van der Waals surface area (Å²) in [7, 11) is 0. The van der Waals surface area contributed by atoms with Crippen molar-refractivity contribution < 1.29 is 23.9 Å². The summed E-state index contributed by atoms with van der Waals surface area (Å²) in [5.74, 6) is -0.461. The van der Waals surface area contributed by atoms with E-state index in [1.54, 1.807) is 22.0 Å². The lowest BCUT2D eigenvalue weighted by atomic mass is 9.70. The molecular formula is C40H56N6O5. The Labute approximate surface area is 302 Å². The van der Waals surface area contributed by atoms with Crippen molar-refractivity contribution in [1.82, 2.24) is 29.8 Å². The van der Waals surface area contributed by atoms with Crippen molar-refractivity contribution in [2.45, 2.75) is 97.2 Å². The highest BCUT2D eigenvalue weighted by molar-refractivity contribution is 5.96. The molecule has 0 bridgehead atoms. The number of nitrogens with one attached hydrogen (secondary N) is 1. The Kier molecular flexibility index (Phi) is 10.3. The van der Waals surface area contributed by atoms with Gasteiger partial charge in [-0.15, -0.1) is 0 Å². The van der Waals surface area contributed by atoms with Gasteiger partial charge in [-0.1, -0.05) is 63.4 Å². The number of piperidine rings is 1. The van der Waals surface area contributed by atoms with Crippen LogP contribution in [-0.4, -0.2) is 106 Å².